The van der Waals surface area contributed by atoms with Gasteiger partial charge in [-0.15, -0.1) is 0 Å². The summed E-state index contributed by atoms with van der Waals surface area (Å²) in [5.41, 5.74) is 0.105. The quantitative estimate of drug-likeness (QED) is 0.896. The molecule has 0 radical (unpaired) electrons. The molecular weight excluding hydrogens is 290 g/mol. The van der Waals surface area contributed by atoms with Gasteiger partial charge < -0.3 is 15.2 Å². The van der Waals surface area contributed by atoms with Crippen LogP contribution in [0.4, 0.5) is 8.78 Å². The van der Waals surface area contributed by atoms with E-state index in [0.29, 0.717) is 13.2 Å². The first-order valence-electron chi connectivity index (χ1n) is 7.88. The van der Waals surface area contributed by atoms with E-state index in [-0.39, 0.29) is 17.5 Å². The van der Waals surface area contributed by atoms with Crippen LogP contribution in [0, 0.1) is 17.6 Å². The number of benzene rings is 1. The second-order valence-corrected chi connectivity index (χ2v) is 5.97. The summed E-state index contributed by atoms with van der Waals surface area (Å²) >= 11 is 0. The number of hydrogen-bond acceptors (Lipinski definition) is 4. The van der Waals surface area contributed by atoms with Crippen molar-refractivity contribution in [2.24, 2.45) is 5.92 Å². The average Bonchev–Trinajstić information content (AvgIpc) is 2.57. The molecule has 1 atom stereocenters. The summed E-state index contributed by atoms with van der Waals surface area (Å²) < 4.78 is 33.6. The molecule has 22 heavy (non-hydrogen) atoms. The minimum absolute atomic E-state index is 0.105. The molecule has 6 heteroatoms. The van der Waals surface area contributed by atoms with E-state index in [4.69, 9.17) is 4.74 Å². The fraction of sp³-hybridized carbons (Fsp3) is 0.625. The summed E-state index contributed by atoms with van der Waals surface area (Å²) in [6.07, 6.45) is 1.59. The van der Waals surface area contributed by atoms with Gasteiger partial charge in [0.25, 0.3) is 0 Å². The van der Waals surface area contributed by atoms with Crippen molar-refractivity contribution in [1.29, 1.82) is 0 Å². The van der Waals surface area contributed by atoms with Crippen molar-refractivity contribution in [2.75, 3.05) is 39.4 Å². The SMILES string of the molecule is Oc1c(F)ccc(F)c1[C@@H](C1CCOCC1)N1CCNCC1. The van der Waals surface area contributed by atoms with Crippen LogP contribution in [0.15, 0.2) is 12.1 Å². The predicted octanol–water partition coefficient (Wildman–Crippen LogP) is 2.04. The molecule has 0 spiro atoms. The maximum absolute atomic E-state index is 14.4. The lowest BCUT2D eigenvalue weighted by atomic mass is 9.84. The topological polar surface area (TPSA) is 44.7 Å². The molecule has 0 aliphatic carbocycles. The third kappa shape index (κ3) is 3.09. The largest absolute Gasteiger partial charge is 0.505 e. The molecule has 2 aliphatic heterocycles. The normalized spacial score (nSPS) is 22.6. The second-order valence-electron chi connectivity index (χ2n) is 5.97. The van der Waals surface area contributed by atoms with Crippen LogP contribution in [0.1, 0.15) is 24.4 Å². The molecule has 0 unspecified atom stereocenters. The molecule has 3 rings (SSSR count). The van der Waals surface area contributed by atoms with Gasteiger partial charge in [-0.2, -0.15) is 0 Å². The number of phenols is 1. The number of halogens is 2. The number of ether oxygens (including phenoxy) is 1. The van der Waals surface area contributed by atoms with E-state index in [0.717, 1.165) is 51.2 Å². The molecule has 0 bridgehead atoms. The lowest BCUT2D eigenvalue weighted by Crippen LogP contribution is -2.47. The highest BCUT2D eigenvalue weighted by molar-refractivity contribution is 5.38. The summed E-state index contributed by atoms with van der Waals surface area (Å²) in [6, 6.07) is 1.79. The molecule has 0 aromatic heterocycles. The number of phenolic OH excluding ortho intramolecular Hbond substituents is 1. The van der Waals surface area contributed by atoms with Crippen molar-refractivity contribution in [2.45, 2.75) is 18.9 Å². The molecule has 2 saturated heterocycles. The number of nitrogens with one attached hydrogen (secondary N) is 1. The van der Waals surface area contributed by atoms with Crippen LogP contribution in [-0.4, -0.2) is 49.4 Å². The third-order valence-electron chi connectivity index (χ3n) is 4.67. The van der Waals surface area contributed by atoms with Gasteiger partial charge in [0.1, 0.15) is 5.82 Å². The first-order valence-corrected chi connectivity index (χ1v) is 7.88. The number of piperazine rings is 1. The Hall–Kier alpha value is -1.24. The van der Waals surface area contributed by atoms with Gasteiger partial charge in [0.15, 0.2) is 11.6 Å². The Balaban J connectivity index is 1.98. The van der Waals surface area contributed by atoms with E-state index in [9.17, 15) is 13.9 Å². The lowest BCUT2D eigenvalue weighted by molar-refractivity contribution is 0.0194. The fourth-order valence-corrected chi connectivity index (χ4v) is 3.55. The molecular formula is C16H22F2N2O2. The minimum Gasteiger partial charge on any atom is -0.505 e. The van der Waals surface area contributed by atoms with Gasteiger partial charge in [-0.3, -0.25) is 4.90 Å². The highest BCUT2D eigenvalue weighted by Crippen LogP contribution is 2.41. The standard InChI is InChI=1S/C16H22F2N2O2/c17-12-1-2-13(18)16(21)14(12)15(11-3-9-22-10-4-11)20-7-5-19-6-8-20/h1-2,11,15,19,21H,3-10H2/t15-/m1/s1. The third-order valence-corrected chi connectivity index (χ3v) is 4.67. The smallest absolute Gasteiger partial charge is 0.165 e. The van der Waals surface area contributed by atoms with Crippen molar-refractivity contribution in [3.8, 4) is 5.75 Å². The van der Waals surface area contributed by atoms with Crippen LogP contribution < -0.4 is 5.32 Å². The minimum atomic E-state index is -0.761. The monoisotopic (exact) mass is 312 g/mol. The van der Waals surface area contributed by atoms with Crippen molar-refractivity contribution < 1.29 is 18.6 Å². The Bertz CT molecular complexity index is 497. The predicted molar refractivity (Wildman–Crippen MR) is 78.7 cm³/mol. The first kappa shape index (κ1) is 15.6. The van der Waals surface area contributed by atoms with Gasteiger partial charge in [-0.05, 0) is 30.9 Å². The van der Waals surface area contributed by atoms with Crippen LogP contribution in [-0.2, 0) is 4.74 Å². The zero-order valence-electron chi connectivity index (χ0n) is 12.5. The van der Waals surface area contributed by atoms with E-state index < -0.39 is 17.4 Å². The summed E-state index contributed by atoms with van der Waals surface area (Å²) in [7, 11) is 0. The summed E-state index contributed by atoms with van der Waals surface area (Å²) in [5, 5.41) is 13.4. The number of hydrogen-bond donors (Lipinski definition) is 2. The Labute approximate surface area is 129 Å². The van der Waals surface area contributed by atoms with Gasteiger partial charge in [-0.25, -0.2) is 8.78 Å². The van der Waals surface area contributed by atoms with Gasteiger partial charge in [0.05, 0.1) is 5.56 Å². The molecule has 2 fully saturated rings. The maximum Gasteiger partial charge on any atom is 0.165 e. The van der Waals surface area contributed by atoms with Crippen LogP contribution in [0.25, 0.3) is 0 Å². The van der Waals surface area contributed by atoms with Crippen molar-refractivity contribution in [3.63, 3.8) is 0 Å². The van der Waals surface area contributed by atoms with Crippen LogP contribution in [0.5, 0.6) is 5.75 Å². The second kappa shape index (κ2) is 6.89. The lowest BCUT2D eigenvalue weighted by Gasteiger charge is -2.41. The molecule has 2 N–H and O–H groups in total. The number of nitrogens with zero attached hydrogens (tertiary/aromatic N) is 1. The molecule has 1 aromatic carbocycles. The molecule has 0 amide bonds. The molecule has 0 saturated carbocycles. The van der Waals surface area contributed by atoms with Crippen molar-refractivity contribution in [1.82, 2.24) is 10.2 Å². The fourth-order valence-electron chi connectivity index (χ4n) is 3.55. The summed E-state index contributed by atoms with van der Waals surface area (Å²) in [5.74, 6) is -1.68. The summed E-state index contributed by atoms with van der Waals surface area (Å²) in [6.45, 7) is 4.42. The first-order chi connectivity index (χ1) is 10.7. The van der Waals surface area contributed by atoms with Gasteiger partial charge >= 0.3 is 0 Å². The van der Waals surface area contributed by atoms with Crippen molar-refractivity contribution >= 4 is 0 Å². The summed E-state index contributed by atoms with van der Waals surface area (Å²) in [4.78, 5) is 2.16. The Kier molecular flexibility index (Phi) is 4.90. The maximum atomic E-state index is 14.4. The highest BCUT2D eigenvalue weighted by atomic mass is 19.1. The number of aromatic hydroxyl groups is 1. The highest BCUT2D eigenvalue weighted by Gasteiger charge is 2.35. The molecule has 1 aromatic rings. The zero-order valence-corrected chi connectivity index (χ0v) is 12.5. The number of rotatable bonds is 3. The molecule has 2 heterocycles. The van der Waals surface area contributed by atoms with Crippen LogP contribution >= 0.6 is 0 Å². The zero-order chi connectivity index (χ0) is 15.5. The van der Waals surface area contributed by atoms with Gasteiger partial charge in [0.2, 0.25) is 0 Å². The molecule has 122 valence electrons. The van der Waals surface area contributed by atoms with Crippen LogP contribution in [0.2, 0.25) is 0 Å². The van der Waals surface area contributed by atoms with E-state index in [1.54, 1.807) is 0 Å². The Morgan fingerprint density at radius 3 is 2.45 bits per heavy atom. The molecule has 2 aliphatic rings. The van der Waals surface area contributed by atoms with E-state index in [2.05, 4.69) is 10.2 Å². The van der Waals surface area contributed by atoms with Crippen molar-refractivity contribution in [3.05, 3.63) is 29.3 Å². The van der Waals surface area contributed by atoms with E-state index >= 15 is 0 Å². The van der Waals surface area contributed by atoms with Gasteiger partial charge in [0, 0.05) is 45.4 Å². The average molecular weight is 312 g/mol. The molecule has 4 nitrogen and oxygen atoms in total. The van der Waals surface area contributed by atoms with Crippen LogP contribution in [0.3, 0.4) is 0 Å². The Morgan fingerprint density at radius 2 is 1.77 bits per heavy atom. The van der Waals surface area contributed by atoms with E-state index in [1.807, 2.05) is 0 Å². The van der Waals surface area contributed by atoms with Gasteiger partial charge in [-0.1, -0.05) is 0 Å². The van der Waals surface area contributed by atoms with E-state index in [1.165, 1.54) is 0 Å². The Morgan fingerprint density at radius 1 is 1.14 bits per heavy atom.